The molecular weight excluding hydrogens is 575 g/mol. The fourth-order valence-electron chi connectivity index (χ4n) is 5.51. The van der Waals surface area contributed by atoms with Crippen LogP contribution in [0.1, 0.15) is 24.3 Å². The number of amides is 3. The number of carbonyl (C=O) groups excluding carboxylic acids is 3. The zero-order valence-corrected chi connectivity index (χ0v) is 23.3. The number of thiazole rings is 1. The molecule has 1 N–H and O–H groups in total. The molecule has 4 aromatic rings. The molecule has 7 nitrogen and oxygen atoms in total. The SMILES string of the molecule is CC1(C)c2sc(=O)n(CC(=O)Nc3cccc4ccccc34)c2SC2C(=O)N(c3cccc(C(F)(F)F)c3)C(=O)C21. The Hall–Kier alpha value is -3.90. The smallest absolute Gasteiger partial charge is 0.324 e. The Morgan fingerprint density at radius 2 is 1.68 bits per heavy atom. The lowest BCUT2D eigenvalue weighted by Gasteiger charge is -2.36. The summed E-state index contributed by atoms with van der Waals surface area (Å²) in [5.74, 6) is -2.63. The fourth-order valence-corrected chi connectivity index (χ4v) is 8.55. The van der Waals surface area contributed by atoms with Gasteiger partial charge in [-0.25, -0.2) is 4.90 Å². The molecule has 1 aromatic heterocycles. The number of halogens is 3. The summed E-state index contributed by atoms with van der Waals surface area (Å²) in [6.07, 6.45) is -4.64. The highest BCUT2D eigenvalue weighted by Gasteiger charge is 2.59. The van der Waals surface area contributed by atoms with Gasteiger partial charge in [0.1, 0.15) is 11.8 Å². The maximum absolute atomic E-state index is 13.6. The summed E-state index contributed by atoms with van der Waals surface area (Å²) in [6.45, 7) is 3.16. The van der Waals surface area contributed by atoms with E-state index in [0.717, 1.165) is 57.0 Å². The highest BCUT2D eigenvalue weighted by atomic mass is 32.2. The number of carbonyl (C=O) groups is 3. The fraction of sp³-hybridized carbons (Fsp3) is 0.241. The third-order valence-corrected chi connectivity index (χ3v) is 10.3. The minimum Gasteiger partial charge on any atom is -0.324 e. The van der Waals surface area contributed by atoms with Crippen molar-refractivity contribution in [3.05, 3.63) is 86.8 Å². The van der Waals surface area contributed by atoms with E-state index in [-0.39, 0.29) is 12.2 Å². The van der Waals surface area contributed by atoms with Crippen LogP contribution in [-0.4, -0.2) is 27.5 Å². The van der Waals surface area contributed by atoms with Crippen LogP contribution in [0.15, 0.2) is 76.6 Å². The molecule has 12 heteroatoms. The summed E-state index contributed by atoms with van der Waals surface area (Å²) in [5, 5.41) is 4.08. The van der Waals surface area contributed by atoms with Gasteiger partial charge in [0.05, 0.1) is 22.2 Å². The molecule has 0 aliphatic carbocycles. The maximum atomic E-state index is 13.6. The Bertz CT molecular complexity index is 1810. The van der Waals surface area contributed by atoms with E-state index in [0.29, 0.717) is 15.6 Å². The number of rotatable bonds is 4. The first-order chi connectivity index (χ1) is 19.4. The Kier molecular flexibility index (Phi) is 6.38. The van der Waals surface area contributed by atoms with Crippen molar-refractivity contribution < 1.29 is 27.6 Å². The van der Waals surface area contributed by atoms with E-state index in [2.05, 4.69) is 5.32 Å². The number of benzene rings is 3. The van der Waals surface area contributed by atoms with Crippen LogP contribution in [0.5, 0.6) is 0 Å². The first kappa shape index (κ1) is 27.3. The predicted molar refractivity (Wildman–Crippen MR) is 151 cm³/mol. The van der Waals surface area contributed by atoms with Gasteiger partial charge in [0, 0.05) is 21.4 Å². The van der Waals surface area contributed by atoms with Gasteiger partial charge in [-0.15, -0.1) is 0 Å². The molecule has 0 bridgehead atoms. The third kappa shape index (κ3) is 4.45. The number of imide groups is 1. The van der Waals surface area contributed by atoms with Gasteiger partial charge in [-0.3, -0.25) is 23.7 Å². The average Bonchev–Trinajstić information content (AvgIpc) is 3.37. The van der Waals surface area contributed by atoms with Crippen molar-refractivity contribution >= 4 is 63.0 Å². The molecule has 1 fully saturated rings. The number of thioether (sulfide) groups is 1. The van der Waals surface area contributed by atoms with Gasteiger partial charge in [-0.2, -0.15) is 13.2 Å². The summed E-state index contributed by atoms with van der Waals surface area (Å²) < 4.78 is 41.4. The van der Waals surface area contributed by atoms with Crippen molar-refractivity contribution in [1.82, 2.24) is 4.57 Å². The highest BCUT2D eigenvalue weighted by Crippen LogP contribution is 2.54. The Labute approximate surface area is 240 Å². The summed E-state index contributed by atoms with van der Waals surface area (Å²) >= 11 is 1.91. The topological polar surface area (TPSA) is 88.5 Å². The van der Waals surface area contributed by atoms with Crippen molar-refractivity contribution in [2.75, 3.05) is 10.2 Å². The first-order valence-electron chi connectivity index (χ1n) is 12.6. The molecule has 3 amide bonds. The second-order valence-corrected chi connectivity index (χ2v) is 12.6. The molecule has 1 saturated heterocycles. The van der Waals surface area contributed by atoms with Crippen LogP contribution >= 0.6 is 23.1 Å². The number of nitrogens with one attached hydrogen (secondary N) is 1. The molecule has 2 aliphatic rings. The molecule has 210 valence electrons. The quantitative estimate of drug-likeness (QED) is 0.307. The van der Waals surface area contributed by atoms with Crippen LogP contribution in [0.3, 0.4) is 0 Å². The normalized spacial score (nSPS) is 19.8. The van der Waals surface area contributed by atoms with Gasteiger partial charge in [0.25, 0.3) is 0 Å². The molecule has 3 aromatic carbocycles. The Morgan fingerprint density at radius 3 is 2.44 bits per heavy atom. The van der Waals surface area contributed by atoms with E-state index >= 15 is 0 Å². The number of fused-ring (bicyclic) bond motifs is 3. The zero-order chi connectivity index (χ0) is 29.3. The van der Waals surface area contributed by atoms with Crippen LogP contribution in [-0.2, 0) is 32.5 Å². The van der Waals surface area contributed by atoms with Crippen molar-refractivity contribution in [3.63, 3.8) is 0 Å². The molecular formula is C29H22F3N3O4S2. The van der Waals surface area contributed by atoms with Gasteiger partial charge < -0.3 is 5.32 Å². The summed E-state index contributed by atoms with van der Waals surface area (Å²) in [5.41, 5.74) is -1.53. The molecule has 41 heavy (non-hydrogen) atoms. The maximum Gasteiger partial charge on any atom is 0.416 e. The van der Waals surface area contributed by atoms with Crippen molar-refractivity contribution in [2.24, 2.45) is 5.92 Å². The standard InChI is InChI=1S/C29H22F3N3O4S2/c1-28(2)21-22(25(38)35(24(21)37)17-10-6-9-16(13-17)29(30,31)32)40-26-23(28)41-27(39)34(26)14-20(36)33-19-12-5-8-15-7-3-4-11-18(15)19/h3-13,21-22H,14H2,1-2H3,(H,33,36). The highest BCUT2D eigenvalue weighted by molar-refractivity contribution is 8.00. The molecule has 0 radical (unpaired) electrons. The van der Waals surface area contributed by atoms with Crippen molar-refractivity contribution in [1.29, 1.82) is 0 Å². The average molecular weight is 598 g/mol. The van der Waals surface area contributed by atoms with Crippen LogP contribution in [0, 0.1) is 5.92 Å². The van der Waals surface area contributed by atoms with E-state index in [9.17, 15) is 32.3 Å². The van der Waals surface area contributed by atoms with Gasteiger partial charge in [0.2, 0.25) is 17.7 Å². The van der Waals surface area contributed by atoms with Gasteiger partial charge >= 0.3 is 11.0 Å². The van der Waals surface area contributed by atoms with Gasteiger partial charge in [0.15, 0.2) is 0 Å². The number of hydrogen-bond donors (Lipinski definition) is 1. The molecule has 0 spiro atoms. The number of hydrogen-bond acceptors (Lipinski definition) is 6. The van der Waals surface area contributed by atoms with E-state index < -0.39 is 50.9 Å². The van der Waals surface area contributed by atoms with Gasteiger partial charge in [-0.1, -0.05) is 79.4 Å². The van der Waals surface area contributed by atoms with E-state index in [1.54, 1.807) is 19.9 Å². The van der Waals surface area contributed by atoms with E-state index in [4.69, 9.17) is 0 Å². The van der Waals surface area contributed by atoms with E-state index in [1.807, 2.05) is 36.4 Å². The largest absolute Gasteiger partial charge is 0.416 e. The minimum absolute atomic E-state index is 0.157. The lowest BCUT2D eigenvalue weighted by molar-refractivity contribution is -0.137. The van der Waals surface area contributed by atoms with Crippen LogP contribution in [0.25, 0.3) is 10.8 Å². The van der Waals surface area contributed by atoms with Crippen LogP contribution < -0.4 is 15.1 Å². The lowest BCUT2D eigenvalue weighted by atomic mass is 9.76. The number of nitrogens with zero attached hydrogens (tertiary/aromatic N) is 2. The Morgan fingerprint density at radius 1 is 0.976 bits per heavy atom. The molecule has 2 unspecified atom stereocenters. The predicted octanol–water partition coefficient (Wildman–Crippen LogP) is 5.66. The molecule has 2 aliphatic heterocycles. The second kappa shape index (κ2) is 9.59. The Balaban J connectivity index is 1.32. The molecule has 6 rings (SSSR count). The molecule has 2 atom stereocenters. The molecule has 0 saturated carbocycles. The molecule has 3 heterocycles. The summed E-state index contributed by atoms with van der Waals surface area (Å²) in [4.78, 5) is 54.3. The second-order valence-electron chi connectivity index (χ2n) is 10.5. The van der Waals surface area contributed by atoms with Crippen molar-refractivity contribution in [3.8, 4) is 0 Å². The number of alkyl halides is 3. The lowest BCUT2D eigenvalue weighted by Crippen LogP contribution is -2.42. The van der Waals surface area contributed by atoms with Crippen LogP contribution in [0.2, 0.25) is 0 Å². The minimum atomic E-state index is -4.64. The van der Waals surface area contributed by atoms with Gasteiger partial charge in [-0.05, 0) is 29.7 Å². The number of aromatic nitrogens is 1. The monoisotopic (exact) mass is 597 g/mol. The zero-order valence-electron chi connectivity index (χ0n) is 21.7. The summed E-state index contributed by atoms with van der Waals surface area (Å²) in [6, 6.07) is 17.1. The summed E-state index contributed by atoms with van der Waals surface area (Å²) in [7, 11) is 0. The number of anilines is 2. The van der Waals surface area contributed by atoms with Crippen LogP contribution in [0.4, 0.5) is 24.5 Å². The third-order valence-electron chi connectivity index (χ3n) is 7.50. The van der Waals surface area contributed by atoms with E-state index in [1.165, 1.54) is 10.6 Å². The van der Waals surface area contributed by atoms with Crippen molar-refractivity contribution in [2.45, 2.75) is 42.3 Å². The first-order valence-corrected chi connectivity index (χ1v) is 14.3.